The summed E-state index contributed by atoms with van der Waals surface area (Å²) >= 11 is 0. The van der Waals surface area contributed by atoms with Crippen LogP contribution in [0.1, 0.15) is 41.4 Å². The third kappa shape index (κ3) is 3.63. The predicted molar refractivity (Wildman–Crippen MR) is 93.9 cm³/mol. The molecule has 0 saturated heterocycles. The van der Waals surface area contributed by atoms with Gasteiger partial charge in [0.05, 0.1) is 17.9 Å². The summed E-state index contributed by atoms with van der Waals surface area (Å²) < 4.78 is 6.32. The number of hydrogen-bond acceptors (Lipinski definition) is 4. The lowest BCUT2D eigenvalue weighted by Gasteiger charge is -2.21. The summed E-state index contributed by atoms with van der Waals surface area (Å²) in [5.74, 6) is -1.72. The van der Waals surface area contributed by atoms with Crippen LogP contribution < -0.4 is 5.56 Å². The van der Waals surface area contributed by atoms with E-state index in [1.807, 2.05) is 19.1 Å². The lowest BCUT2D eigenvalue weighted by molar-refractivity contribution is -0.146. The molecular formula is C19H21NO5. The van der Waals surface area contributed by atoms with Gasteiger partial charge in [-0.3, -0.25) is 9.36 Å². The van der Waals surface area contributed by atoms with E-state index < -0.39 is 23.5 Å². The molecule has 1 atom stereocenters. The largest absolute Gasteiger partial charge is 0.478 e. The lowest BCUT2D eigenvalue weighted by Crippen LogP contribution is -2.32. The molecular weight excluding hydrogens is 322 g/mol. The SMILES string of the molecule is CCOC(=O)C(C)n1c(-c2ccc(C)cc2)c(C)c(C(=O)O)cc1=O. The highest BCUT2D eigenvalue weighted by atomic mass is 16.5. The maximum Gasteiger partial charge on any atom is 0.336 e. The normalized spacial score (nSPS) is 11.8. The number of carboxylic acid groups (broad SMARTS) is 1. The number of rotatable bonds is 5. The van der Waals surface area contributed by atoms with Gasteiger partial charge in [-0.1, -0.05) is 29.8 Å². The van der Waals surface area contributed by atoms with Gasteiger partial charge in [0, 0.05) is 6.07 Å². The van der Waals surface area contributed by atoms with Crippen molar-refractivity contribution in [1.82, 2.24) is 4.57 Å². The Balaban J connectivity index is 2.80. The molecule has 0 spiro atoms. The average molecular weight is 343 g/mol. The molecule has 0 fully saturated rings. The number of hydrogen-bond donors (Lipinski definition) is 1. The van der Waals surface area contributed by atoms with Crippen molar-refractivity contribution in [3.8, 4) is 11.3 Å². The van der Waals surface area contributed by atoms with E-state index in [1.165, 1.54) is 4.57 Å². The van der Waals surface area contributed by atoms with Crippen molar-refractivity contribution < 1.29 is 19.4 Å². The maximum absolute atomic E-state index is 12.6. The van der Waals surface area contributed by atoms with E-state index in [-0.39, 0.29) is 12.2 Å². The maximum atomic E-state index is 12.6. The minimum Gasteiger partial charge on any atom is -0.478 e. The van der Waals surface area contributed by atoms with Gasteiger partial charge in [-0.15, -0.1) is 0 Å². The van der Waals surface area contributed by atoms with Crippen molar-refractivity contribution in [3.63, 3.8) is 0 Å². The summed E-state index contributed by atoms with van der Waals surface area (Å²) in [6, 6.07) is 7.52. The number of esters is 1. The van der Waals surface area contributed by atoms with E-state index in [0.29, 0.717) is 16.8 Å². The Labute approximate surface area is 145 Å². The number of carbonyl (C=O) groups excluding carboxylic acids is 1. The number of carboxylic acids is 1. The Morgan fingerprint density at radius 2 is 1.80 bits per heavy atom. The van der Waals surface area contributed by atoms with E-state index >= 15 is 0 Å². The number of pyridine rings is 1. The summed E-state index contributed by atoms with van der Waals surface area (Å²) in [4.78, 5) is 36.3. The van der Waals surface area contributed by atoms with E-state index in [1.54, 1.807) is 32.9 Å². The minimum atomic E-state index is -1.18. The number of aromatic carboxylic acids is 1. The summed E-state index contributed by atoms with van der Waals surface area (Å²) in [6.07, 6.45) is 0. The molecule has 1 unspecified atom stereocenters. The molecule has 0 aliphatic carbocycles. The van der Waals surface area contributed by atoms with Gasteiger partial charge in [0.15, 0.2) is 0 Å². The number of benzene rings is 1. The highest BCUT2D eigenvalue weighted by Gasteiger charge is 2.25. The van der Waals surface area contributed by atoms with Crippen LogP contribution in [-0.2, 0) is 9.53 Å². The fourth-order valence-corrected chi connectivity index (χ4v) is 2.76. The van der Waals surface area contributed by atoms with Crippen LogP contribution in [0, 0.1) is 13.8 Å². The Hall–Kier alpha value is -2.89. The fourth-order valence-electron chi connectivity index (χ4n) is 2.76. The molecule has 25 heavy (non-hydrogen) atoms. The Bertz CT molecular complexity index is 865. The molecule has 0 aliphatic rings. The molecule has 0 radical (unpaired) electrons. The van der Waals surface area contributed by atoms with Crippen LogP contribution in [0.2, 0.25) is 0 Å². The van der Waals surface area contributed by atoms with Crippen molar-refractivity contribution in [2.75, 3.05) is 6.61 Å². The fraction of sp³-hybridized carbons (Fsp3) is 0.316. The number of ether oxygens (including phenoxy) is 1. The average Bonchev–Trinajstić information content (AvgIpc) is 2.56. The molecule has 0 amide bonds. The number of nitrogens with zero attached hydrogens (tertiary/aromatic N) is 1. The molecule has 132 valence electrons. The smallest absolute Gasteiger partial charge is 0.336 e. The molecule has 2 rings (SSSR count). The first-order valence-corrected chi connectivity index (χ1v) is 8.01. The zero-order valence-electron chi connectivity index (χ0n) is 14.7. The van der Waals surface area contributed by atoms with Gasteiger partial charge in [-0.25, -0.2) is 9.59 Å². The van der Waals surface area contributed by atoms with E-state index in [4.69, 9.17) is 4.74 Å². The van der Waals surface area contributed by atoms with Crippen LogP contribution in [0.25, 0.3) is 11.3 Å². The second-order valence-electron chi connectivity index (χ2n) is 5.84. The lowest BCUT2D eigenvalue weighted by atomic mass is 9.99. The molecule has 6 nitrogen and oxygen atoms in total. The first-order chi connectivity index (χ1) is 11.8. The van der Waals surface area contributed by atoms with Gasteiger partial charge >= 0.3 is 11.9 Å². The molecule has 0 saturated carbocycles. The van der Waals surface area contributed by atoms with Crippen molar-refractivity contribution in [2.24, 2.45) is 0 Å². The van der Waals surface area contributed by atoms with Crippen LogP contribution in [-0.4, -0.2) is 28.2 Å². The Morgan fingerprint density at radius 1 is 1.20 bits per heavy atom. The second kappa shape index (κ2) is 7.34. The standard InChI is InChI=1S/C19H21NO5/c1-5-25-19(24)13(4)20-16(21)10-15(18(22)23)12(3)17(20)14-8-6-11(2)7-9-14/h6-10,13H,5H2,1-4H3,(H,22,23). The highest BCUT2D eigenvalue weighted by molar-refractivity contribution is 5.91. The summed E-state index contributed by atoms with van der Waals surface area (Å²) in [5.41, 5.74) is 1.90. The third-order valence-corrected chi connectivity index (χ3v) is 4.08. The van der Waals surface area contributed by atoms with Gasteiger partial charge in [0.1, 0.15) is 6.04 Å². The quantitative estimate of drug-likeness (QED) is 0.844. The van der Waals surface area contributed by atoms with Crippen molar-refractivity contribution in [1.29, 1.82) is 0 Å². The molecule has 1 aromatic heterocycles. The second-order valence-corrected chi connectivity index (χ2v) is 5.84. The predicted octanol–water partition coefficient (Wildman–Crippen LogP) is 2.95. The topological polar surface area (TPSA) is 85.6 Å². The summed E-state index contributed by atoms with van der Waals surface area (Å²) in [7, 11) is 0. The van der Waals surface area contributed by atoms with E-state index in [9.17, 15) is 19.5 Å². The molecule has 0 aliphatic heterocycles. The van der Waals surface area contributed by atoms with Crippen LogP contribution >= 0.6 is 0 Å². The van der Waals surface area contributed by atoms with Crippen molar-refractivity contribution in [3.05, 3.63) is 57.4 Å². The van der Waals surface area contributed by atoms with Gasteiger partial charge in [0.2, 0.25) is 0 Å². The molecule has 2 aromatic rings. The van der Waals surface area contributed by atoms with Gasteiger partial charge in [-0.2, -0.15) is 0 Å². The van der Waals surface area contributed by atoms with Crippen LogP contribution in [0.3, 0.4) is 0 Å². The molecule has 1 aromatic carbocycles. The zero-order chi connectivity index (χ0) is 18.7. The number of aromatic nitrogens is 1. The third-order valence-electron chi connectivity index (χ3n) is 4.08. The van der Waals surface area contributed by atoms with Gasteiger partial charge in [-0.05, 0) is 38.8 Å². The monoisotopic (exact) mass is 343 g/mol. The first kappa shape index (κ1) is 18.4. The van der Waals surface area contributed by atoms with Crippen LogP contribution in [0.5, 0.6) is 0 Å². The molecule has 6 heteroatoms. The molecule has 1 N–H and O–H groups in total. The van der Waals surface area contributed by atoms with E-state index in [0.717, 1.165) is 11.6 Å². The summed E-state index contributed by atoms with van der Waals surface area (Å²) in [5, 5.41) is 9.39. The minimum absolute atomic E-state index is 0.0760. The Morgan fingerprint density at radius 3 is 2.32 bits per heavy atom. The zero-order valence-corrected chi connectivity index (χ0v) is 14.7. The number of aryl methyl sites for hydroxylation is 1. The molecule has 0 bridgehead atoms. The Kier molecular flexibility index (Phi) is 5.41. The summed E-state index contributed by atoms with van der Waals surface area (Å²) in [6.45, 7) is 7.01. The van der Waals surface area contributed by atoms with Gasteiger partial charge in [0.25, 0.3) is 5.56 Å². The first-order valence-electron chi connectivity index (χ1n) is 8.01. The van der Waals surface area contributed by atoms with Crippen molar-refractivity contribution >= 4 is 11.9 Å². The van der Waals surface area contributed by atoms with Crippen LogP contribution in [0.15, 0.2) is 35.1 Å². The highest BCUT2D eigenvalue weighted by Crippen LogP contribution is 2.27. The van der Waals surface area contributed by atoms with Crippen molar-refractivity contribution in [2.45, 2.75) is 33.7 Å². The molecule has 1 heterocycles. The van der Waals surface area contributed by atoms with E-state index in [2.05, 4.69) is 0 Å². The van der Waals surface area contributed by atoms with Crippen LogP contribution in [0.4, 0.5) is 0 Å². The van der Waals surface area contributed by atoms with Gasteiger partial charge < -0.3 is 9.84 Å². The number of carbonyl (C=O) groups is 2.